The average molecular weight is 320 g/mol. The van der Waals surface area contributed by atoms with Crippen molar-refractivity contribution in [3.05, 3.63) is 24.3 Å². The quantitative estimate of drug-likeness (QED) is 0.752. The van der Waals surface area contributed by atoms with E-state index in [-0.39, 0.29) is 5.91 Å². The summed E-state index contributed by atoms with van der Waals surface area (Å²) in [4.78, 5) is 13.0. The second-order valence-electron chi connectivity index (χ2n) is 4.66. The number of carbonyl (C=O) groups excluding carboxylic acids is 1. The molecule has 1 aromatic carbocycles. The Morgan fingerprint density at radius 3 is 2.50 bits per heavy atom. The van der Waals surface area contributed by atoms with Crippen molar-refractivity contribution in [2.24, 2.45) is 5.73 Å². The van der Waals surface area contributed by atoms with E-state index in [1.165, 1.54) is 17.4 Å². The molecule has 6 nitrogen and oxygen atoms in total. The summed E-state index contributed by atoms with van der Waals surface area (Å²) in [5, 5.41) is 8.44. The number of nitrogens with zero attached hydrogens (tertiary/aromatic N) is 3. The lowest BCUT2D eigenvalue weighted by molar-refractivity contribution is -0.117. The zero-order chi connectivity index (χ0) is 15.9. The van der Waals surface area contributed by atoms with Crippen LogP contribution in [-0.4, -0.2) is 34.9 Å². The molecule has 2 aromatic rings. The molecule has 0 aliphatic rings. The molecule has 0 atom stereocenters. The Morgan fingerprint density at radius 1 is 1.23 bits per heavy atom. The normalized spacial score (nSPS) is 10.6. The van der Waals surface area contributed by atoms with Gasteiger partial charge in [0.25, 0.3) is 5.22 Å². The minimum absolute atomic E-state index is 0.293. The van der Waals surface area contributed by atoms with E-state index < -0.39 is 0 Å². The fraction of sp³-hybridized carbons (Fsp3) is 0.400. The third-order valence-electron chi connectivity index (χ3n) is 3.22. The lowest BCUT2D eigenvalue weighted by Crippen LogP contribution is -2.21. The molecule has 1 aromatic heterocycles. The standard InChI is InChI=1S/C15H20N4O2S/c1-3-19(4-2)12-7-5-11(6-8-12)14-17-18-15(21-14)22-10-9-13(16)20/h5-8H,3-4,9-10H2,1-2H3,(H2,16,20). The molecular formula is C15H20N4O2S. The Bertz CT molecular complexity index is 608. The summed E-state index contributed by atoms with van der Waals surface area (Å²) in [7, 11) is 0. The molecule has 0 aliphatic heterocycles. The van der Waals surface area contributed by atoms with Gasteiger partial charge in [-0.3, -0.25) is 4.79 Å². The second kappa shape index (κ2) is 7.84. The van der Waals surface area contributed by atoms with Crippen molar-refractivity contribution in [3.63, 3.8) is 0 Å². The van der Waals surface area contributed by atoms with Gasteiger partial charge >= 0.3 is 0 Å². The second-order valence-corrected chi connectivity index (χ2v) is 5.70. The van der Waals surface area contributed by atoms with E-state index in [4.69, 9.17) is 10.2 Å². The van der Waals surface area contributed by atoms with Gasteiger partial charge in [0.1, 0.15) is 0 Å². The number of benzene rings is 1. The third kappa shape index (κ3) is 4.24. The molecule has 2 rings (SSSR count). The average Bonchev–Trinajstić information content (AvgIpc) is 2.98. The van der Waals surface area contributed by atoms with Crippen LogP contribution in [0.2, 0.25) is 0 Å². The minimum atomic E-state index is -0.334. The number of rotatable bonds is 8. The van der Waals surface area contributed by atoms with Crippen molar-refractivity contribution < 1.29 is 9.21 Å². The summed E-state index contributed by atoms with van der Waals surface area (Å²) < 4.78 is 5.58. The maximum atomic E-state index is 10.7. The lowest BCUT2D eigenvalue weighted by atomic mass is 10.2. The van der Waals surface area contributed by atoms with E-state index in [1.54, 1.807) is 0 Å². The van der Waals surface area contributed by atoms with Crippen LogP contribution in [-0.2, 0) is 4.79 Å². The highest BCUT2D eigenvalue weighted by Crippen LogP contribution is 2.25. The fourth-order valence-corrected chi connectivity index (χ4v) is 2.74. The highest BCUT2D eigenvalue weighted by Gasteiger charge is 2.10. The highest BCUT2D eigenvalue weighted by molar-refractivity contribution is 7.99. The largest absolute Gasteiger partial charge is 0.411 e. The van der Waals surface area contributed by atoms with E-state index >= 15 is 0 Å². The highest BCUT2D eigenvalue weighted by atomic mass is 32.2. The van der Waals surface area contributed by atoms with Crippen LogP contribution in [0.4, 0.5) is 5.69 Å². The smallest absolute Gasteiger partial charge is 0.276 e. The molecule has 7 heteroatoms. The van der Waals surface area contributed by atoms with Gasteiger partial charge in [0.05, 0.1) is 0 Å². The van der Waals surface area contributed by atoms with E-state index in [9.17, 15) is 4.79 Å². The minimum Gasteiger partial charge on any atom is -0.411 e. The molecule has 22 heavy (non-hydrogen) atoms. The van der Waals surface area contributed by atoms with E-state index in [0.717, 1.165) is 18.7 Å². The maximum Gasteiger partial charge on any atom is 0.276 e. The SMILES string of the molecule is CCN(CC)c1ccc(-c2nnc(SCCC(N)=O)o2)cc1. The molecule has 0 fully saturated rings. The van der Waals surface area contributed by atoms with Gasteiger partial charge in [-0.2, -0.15) is 0 Å². The van der Waals surface area contributed by atoms with Crippen molar-refractivity contribution in [3.8, 4) is 11.5 Å². The predicted molar refractivity (Wildman–Crippen MR) is 87.8 cm³/mol. The van der Waals surface area contributed by atoms with Crippen molar-refractivity contribution in [2.75, 3.05) is 23.7 Å². The van der Waals surface area contributed by atoms with Gasteiger partial charge in [0.15, 0.2) is 0 Å². The molecule has 2 N–H and O–H groups in total. The zero-order valence-electron chi connectivity index (χ0n) is 12.8. The molecule has 0 radical (unpaired) electrons. The molecule has 118 valence electrons. The van der Waals surface area contributed by atoms with E-state index in [2.05, 4.69) is 28.9 Å². The van der Waals surface area contributed by atoms with Gasteiger partial charge < -0.3 is 15.1 Å². The topological polar surface area (TPSA) is 85.3 Å². The van der Waals surface area contributed by atoms with Gasteiger partial charge in [-0.1, -0.05) is 11.8 Å². The maximum absolute atomic E-state index is 10.7. The van der Waals surface area contributed by atoms with Gasteiger partial charge in [-0.15, -0.1) is 10.2 Å². The molecule has 0 spiro atoms. The van der Waals surface area contributed by atoms with Gasteiger partial charge in [0.2, 0.25) is 11.8 Å². The van der Waals surface area contributed by atoms with Crippen LogP contribution < -0.4 is 10.6 Å². The summed E-state index contributed by atoms with van der Waals surface area (Å²) in [6.45, 7) is 6.20. The summed E-state index contributed by atoms with van der Waals surface area (Å²) in [6, 6.07) is 8.04. The van der Waals surface area contributed by atoms with Crippen molar-refractivity contribution in [1.82, 2.24) is 10.2 Å². The first kappa shape index (κ1) is 16.4. The van der Waals surface area contributed by atoms with Crippen LogP contribution in [0.15, 0.2) is 33.9 Å². The van der Waals surface area contributed by atoms with Crippen LogP contribution in [0, 0.1) is 0 Å². The van der Waals surface area contributed by atoms with Gasteiger partial charge in [-0.05, 0) is 38.1 Å². The van der Waals surface area contributed by atoms with Crippen LogP contribution in [0.1, 0.15) is 20.3 Å². The summed E-state index contributed by atoms with van der Waals surface area (Å²) in [6.07, 6.45) is 0.293. The summed E-state index contributed by atoms with van der Waals surface area (Å²) in [5.41, 5.74) is 7.14. The molecule has 0 unspecified atom stereocenters. The molecule has 0 saturated heterocycles. The molecule has 0 bridgehead atoms. The first-order chi connectivity index (χ1) is 10.6. The molecule has 1 heterocycles. The fourth-order valence-electron chi connectivity index (χ4n) is 2.03. The van der Waals surface area contributed by atoms with Crippen molar-refractivity contribution >= 4 is 23.4 Å². The monoisotopic (exact) mass is 320 g/mol. The number of thioether (sulfide) groups is 1. The number of anilines is 1. The zero-order valence-corrected chi connectivity index (χ0v) is 13.6. The van der Waals surface area contributed by atoms with Crippen LogP contribution in [0.25, 0.3) is 11.5 Å². The van der Waals surface area contributed by atoms with Gasteiger partial charge in [-0.25, -0.2) is 0 Å². The van der Waals surface area contributed by atoms with Crippen LogP contribution >= 0.6 is 11.8 Å². The summed E-state index contributed by atoms with van der Waals surface area (Å²) in [5.74, 6) is 0.685. The van der Waals surface area contributed by atoms with Crippen molar-refractivity contribution in [2.45, 2.75) is 25.5 Å². The Balaban J connectivity index is 2.03. The Hall–Kier alpha value is -2.02. The lowest BCUT2D eigenvalue weighted by Gasteiger charge is -2.20. The number of carbonyl (C=O) groups is 1. The Labute approximate surface area is 134 Å². The molecule has 0 aliphatic carbocycles. The first-order valence-electron chi connectivity index (χ1n) is 7.24. The van der Waals surface area contributed by atoms with E-state index in [1.807, 2.05) is 24.3 Å². The Kier molecular flexibility index (Phi) is 5.83. The summed E-state index contributed by atoms with van der Waals surface area (Å²) >= 11 is 1.33. The number of aromatic nitrogens is 2. The molecule has 0 saturated carbocycles. The first-order valence-corrected chi connectivity index (χ1v) is 8.22. The van der Waals surface area contributed by atoms with Gasteiger partial charge in [0, 0.05) is 36.5 Å². The Morgan fingerprint density at radius 2 is 1.91 bits per heavy atom. The molecule has 1 amide bonds. The number of nitrogens with two attached hydrogens (primary N) is 1. The number of amides is 1. The molecular weight excluding hydrogens is 300 g/mol. The number of hydrogen-bond acceptors (Lipinski definition) is 6. The van der Waals surface area contributed by atoms with Crippen LogP contribution in [0.5, 0.6) is 0 Å². The number of primary amides is 1. The number of hydrogen-bond donors (Lipinski definition) is 1. The van der Waals surface area contributed by atoms with E-state index in [0.29, 0.717) is 23.3 Å². The predicted octanol–water partition coefficient (Wildman–Crippen LogP) is 2.55. The third-order valence-corrected chi connectivity index (χ3v) is 4.04. The van der Waals surface area contributed by atoms with Crippen molar-refractivity contribution in [1.29, 1.82) is 0 Å². The van der Waals surface area contributed by atoms with Crippen LogP contribution in [0.3, 0.4) is 0 Å².